The van der Waals surface area contributed by atoms with Gasteiger partial charge in [0.05, 0.1) is 53.2 Å². The van der Waals surface area contributed by atoms with Crippen LogP contribution in [0.5, 0.6) is 0 Å². The topological polar surface area (TPSA) is 328 Å². The Bertz CT molecular complexity index is 3980. The number of carbonyl (C=O) groups excluding carboxylic acids is 6. The van der Waals surface area contributed by atoms with Crippen molar-refractivity contribution in [2.24, 2.45) is 17.8 Å². The number of aromatic nitrogens is 7. The number of methoxy groups -OCH3 is 1. The van der Waals surface area contributed by atoms with E-state index in [2.05, 4.69) is 21.3 Å². The second-order valence-electron chi connectivity index (χ2n) is 22.2. The number of ketones is 1. The molecule has 0 saturated heterocycles. The Morgan fingerprint density at radius 2 is 1.42 bits per heavy atom. The summed E-state index contributed by atoms with van der Waals surface area (Å²) in [6.07, 6.45) is 1.61. The summed E-state index contributed by atoms with van der Waals surface area (Å²) in [5.74, 6) is -6.17. The van der Waals surface area contributed by atoms with Gasteiger partial charge in [-0.25, -0.2) is 34.9 Å². The molecular weight excluding hydrogens is 1270 g/mol. The highest BCUT2D eigenvalue weighted by Gasteiger charge is 2.42. The molecule has 8 heterocycles. The van der Waals surface area contributed by atoms with Crippen LogP contribution in [-0.2, 0) is 35.3 Å². The number of rotatable bonds is 17. The molecule has 1 aliphatic heterocycles. The van der Waals surface area contributed by atoms with E-state index in [1.165, 1.54) is 82.2 Å². The molecule has 4 atom stereocenters. The molecule has 2 aliphatic rings. The third-order valence-corrected chi connectivity index (χ3v) is 21.4. The van der Waals surface area contributed by atoms with Gasteiger partial charge in [-0.05, 0) is 56.2 Å². The third-order valence-electron chi connectivity index (χ3n) is 15.6. The van der Waals surface area contributed by atoms with Crippen molar-refractivity contribution < 1.29 is 53.3 Å². The normalized spacial score (nSPS) is 18.4. The number of aryl methyl sites for hydroxylation is 1. The van der Waals surface area contributed by atoms with E-state index in [4.69, 9.17) is 39.6 Å². The van der Waals surface area contributed by atoms with Crippen molar-refractivity contribution in [1.29, 1.82) is 0 Å². The van der Waals surface area contributed by atoms with E-state index in [1.54, 1.807) is 34.7 Å². The van der Waals surface area contributed by atoms with Crippen LogP contribution in [0.25, 0.3) is 43.4 Å². The van der Waals surface area contributed by atoms with E-state index in [1.807, 2.05) is 61.9 Å². The van der Waals surface area contributed by atoms with E-state index < -0.39 is 71.9 Å². The number of hydrogen-bond acceptors (Lipinski definition) is 22. The molecule has 29 heteroatoms. The molecule has 1 unspecified atom stereocenters. The van der Waals surface area contributed by atoms with Crippen LogP contribution in [0, 0.1) is 24.7 Å². The number of fused-ring (bicyclic) bond motifs is 14. The molecule has 10 rings (SSSR count). The zero-order valence-corrected chi connectivity index (χ0v) is 54.7. The van der Waals surface area contributed by atoms with Gasteiger partial charge < -0.3 is 36.2 Å². The van der Waals surface area contributed by atoms with Gasteiger partial charge in [0, 0.05) is 83.3 Å². The summed E-state index contributed by atoms with van der Waals surface area (Å²) < 4.78 is 5.50. The first-order chi connectivity index (χ1) is 43.3. The molecule has 90 heavy (non-hydrogen) atoms. The summed E-state index contributed by atoms with van der Waals surface area (Å²) in [6, 6.07) is 11.6. The summed E-state index contributed by atoms with van der Waals surface area (Å²) in [5.41, 5.74) is 3.45. The fourth-order valence-electron chi connectivity index (χ4n) is 10.5. The van der Waals surface area contributed by atoms with Gasteiger partial charge in [-0.3, -0.25) is 43.3 Å². The molecular formula is C61H64N12O11S6. The lowest BCUT2D eigenvalue weighted by Gasteiger charge is -2.34. The Balaban J connectivity index is 1.04. The van der Waals surface area contributed by atoms with Crippen molar-refractivity contribution >= 4 is 121 Å². The van der Waals surface area contributed by atoms with Crippen molar-refractivity contribution in [3.8, 4) is 43.4 Å². The van der Waals surface area contributed by atoms with Gasteiger partial charge in [-0.2, -0.15) is 0 Å². The minimum Gasteiger partial charge on any atom is -0.481 e. The Morgan fingerprint density at radius 3 is 2.16 bits per heavy atom. The van der Waals surface area contributed by atoms with Crippen LogP contribution in [0.3, 0.4) is 0 Å². The predicted octanol–water partition coefficient (Wildman–Crippen LogP) is 10.4. The number of hydrogen-bond donors (Lipinski definition) is 6. The molecule has 1 aromatic carbocycles. The maximum atomic E-state index is 14.4. The number of Topliss-reactive ketones (excluding diaryl/α,β-unsaturated/α-hetero) is 1. The number of nitrogens with zero attached hydrogens (tertiary/aromatic N) is 8. The van der Waals surface area contributed by atoms with Crippen LogP contribution in [-0.4, -0.2) is 120 Å². The molecule has 1 aliphatic carbocycles. The second-order valence-corrected chi connectivity index (χ2v) is 28.0. The average molecular weight is 1330 g/mol. The first-order valence-corrected chi connectivity index (χ1v) is 34.2. The maximum absolute atomic E-state index is 14.4. The highest BCUT2D eigenvalue weighted by molar-refractivity contribution is 7.15. The molecule has 10 bridgehead atoms. The quantitative estimate of drug-likeness (QED) is 0.0461. The fraction of sp³-hybridized carbons (Fsp3) is 0.393. The van der Waals surface area contributed by atoms with Crippen LogP contribution in [0.15, 0.2) is 64.0 Å². The molecule has 1 saturated carbocycles. The number of anilines is 1. The van der Waals surface area contributed by atoms with E-state index >= 15 is 0 Å². The van der Waals surface area contributed by atoms with Crippen molar-refractivity contribution in [3.63, 3.8) is 0 Å². The van der Waals surface area contributed by atoms with E-state index in [0.29, 0.717) is 93.2 Å². The number of nitrogens with one attached hydrogen (secondary N) is 4. The molecule has 6 N–H and O–H groups in total. The smallest absolute Gasteiger partial charge is 0.306 e. The number of ether oxygens (including phenoxy) is 1. The molecule has 7 aromatic heterocycles. The van der Waals surface area contributed by atoms with Gasteiger partial charge in [0.25, 0.3) is 11.8 Å². The first-order valence-electron chi connectivity index (χ1n) is 29.0. The van der Waals surface area contributed by atoms with Crippen molar-refractivity contribution in [1.82, 2.24) is 56.2 Å². The average Bonchev–Trinajstić information content (AvgIpc) is 1.61. The number of unbranched alkanes of at least 4 members (excludes halogenated alkanes) is 2. The van der Waals surface area contributed by atoms with Gasteiger partial charge >= 0.3 is 11.9 Å². The summed E-state index contributed by atoms with van der Waals surface area (Å²) in [7, 11) is 2.98. The van der Waals surface area contributed by atoms with E-state index in [-0.39, 0.29) is 85.9 Å². The van der Waals surface area contributed by atoms with E-state index in [9.17, 15) is 48.6 Å². The number of thiazole rings is 6. The third kappa shape index (κ3) is 14.9. The molecule has 470 valence electrons. The number of amides is 5. The molecule has 23 nitrogen and oxygen atoms in total. The van der Waals surface area contributed by atoms with Gasteiger partial charge in [-0.1, -0.05) is 57.5 Å². The lowest BCUT2D eigenvalue weighted by atomic mass is 9.74. The van der Waals surface area contributed by atoms with Crippen molar-refractivity contribution in [2.45, 2.75) is 110 Å². The van der Waals surface area contributed by atoms with Gasteiger partial charge in [0.1, 0.15) is 65.0 Å². The zero-order chi connectivity index (χ0) is 63.9. The Morgan fingerprint density at radius 1 is 0.711 bits per heavy atom. The van der Waals surface area contributed by atoms with Crippen LogP contribution < -0.4 is 26.2 Å². The van der Waals surface area contributed by atoms with Crippen LogP contribution >= 0.6 is 68.0 Å². The summed E-state index contributed by atoms with van der Waals surface area (Å²) in [6.45, 7) is 7.53. The van der Waals surface area contributed by atoms with Crippen LogP contribution in [0.2, 0.25) is 0 Å². The number of carboxylic acid groups (broad SMARTS) is 2. The zero-order valence-electron chi connectivity index (χ0n) is 49.8. The minimum absolute atomic E-state index is 0.0104. The lowest BCUT2D eigenvalue weighted by molar-refractivity contribution is -0.148. The second kappa shape index (κ2) is 28.9. The summed E-state index contributed by atoms with van der Waals surface area (Å²) in [5, 5.41) is 40.1. The number of carbonyl (C=O) groups is 8. The molecule has 8 aromatic rings. The summed E-state index contributed by atoms with van der Waals surface area (Å²) in [4.78, 5) is 145. The maximum Gasteiger partial charge on any atom is 0.306 e. The van der Waals surface area contributed by atoms with E-state index in [0.717, 1.165) is 5.56 Å². The monoisotopic (exact) mass is 1330 g/mol. The van der Waals surface area contributed by atoms with Gasteiger partial charge in [-0.15, -0.1) is 68.0 Å². The SMILES string of the molecule is CNC(=O)C[C@@H]1NC(=O)c2csc(n2)-c2ccc(-c3nc(N(CCCCCC(=O)O)C(=O)C4CC(C(=O)O)C4)cs3)nc2-c2csc(n2)-c2csc(n2)[C@H]([C@@H](C)c2ccccc2)NC(=O)CNC(=O)c2nc(sc2COC)C(C(C)C)CC(=O)c2nc1sc2C. The molecule has 5 amide bonds. The van der Waals surface area contributed by atoms with Crippen LogP contribution in [0.1, 0.15) is 158 Å². The van der Waals surface area contributed by atoms with Crippen molar-refractivity contribution in [2.75, 3.05) is 32.1 Å². The Labute approximate surface area is 541 Å². The van der Waals surface area contributed by atoms with Crippen LogP contribution in [0.4, 0.5) is 5.82 Å². The molecule has 0 radical (unpaired) electrons. The largest absolute Gasteiger partial charge is 0.481 e. The minimum atomic E-state index is -0.974. The Hall–Kier alpha value is -7.93. The number of benzene rings is 1. The molecule has 1 fully saturated rings. The highest BCUT2D eigenvalue weighted by Crippen LogP contribution is 2.42. The fourth-order valence-corrected chi connectivity index (χ4v) is 16.2. The predicted molar refractivity (Wildman–Crippen MR) is 344 cm³/mol. The highest BCUT2D eigenvalue weighted by atomic mass is 32.1. The Kier molecular flexibility index (Phi) is 20.9. The van der Waals surface area contributed by atoms with Crippen molar-refractivity contribution in [3.05, 3.63) is 111 Å². The van der Waals surface area contributed by atoms with Gasteiger partial charge in [0.15, 0.2) is 5.78 Å². The first kappa shape index (κ1) is 65.0. The number of carboxylic acids is 2. The number of aliphatic carboxylic acids is 2. The summed E-state index contributed by atoms with van der Waals surface area (Å²) >= 11 is 7.51. The number of pyridine rings is 1. The lowest BCUT2D eigenvalue weighted by Crippen LogP contribution is -2.44. The standard InChI is InChI=1S/C61H64N12O11S6/c1-29(2)36-21-42(74)49-31(4)89-58(71-49)38(22-45(75)62-5)65-52(79)40-26-85-54(67-40)35-16-17-37(56-69-44(28-88-56)73(18-12-8-11-15-47(77)78)60(81)33-19-34(20-33)61(82)83)64-50(35)39-25-86-57(66-39)41-27-87-59(68-41)48(30(3)32-13-9-7-10-14-32)70-46(76)23-63-53(80)51-43(24-84-6)90-55(36)72-51/h7,9-10,13-14,16-17,25-30,33-34,36,38,48H,8,11-12,15,18-24H2,1-6H3,(H,62,75)(H,63,80)(H,65,79)(H,70,76)(H,77,78)(H,82,83)/t30-,33?,34?,36?,38-,48-/m0/s1. The van der Waals surface area contributed by atoms with Gasteiger partial charge in [0.2, 0.25) is 17.7 Å². The molecule has 0 spiro atoms.